The average molecular weight is 437 g/mol. The minimum atomic E-state index is -1.05. The van der Waals surface area contributed by atoms with Gasteiger partial charge in [-0.25, -0.2) is 9.59 Å². The van der Waals surface area contributed by atoms with Gasteiger partial charge in [0, 0.05) is 18.9 Å². The molecule has 2 fully saturated rings. The van der Waals surface area contributed by atoms with E-state index in [2.05, 4.69) is 24.3 Å². The molecule has 2 aromatic rings. The van der Waals surface area contributed by atoms with Gasteiger partial charge in [-0.1, -0.05) is 48.5 Å². The second-order valence-electron chi connectivity index (χ2n) is 8.60. The largest absolute Gasteiger partial charge is 0.480 e. The van der Waals surface area contributed by atoms with Crippen LogP contribution in [-0.4, -0.2) is 60.3 Å². The molecule has 1 amide bonds. The van der Waals surface area contributed by atoms with Crippen molar-refractivity contribution in [2.45, 2.75) is 50.0 Å². The molecule has 0 spiro atoms. The number of fused-ring (bicyclic) bond motifs is 3. The number of carboxylic acid groups (broad SMARTS) is 1. The van der Waals surface area contributed by atoms with Crippen molar-refractivity contribution >= 4 is 12.1 Å². The molecule has 2 unspecified atom stereocenters. The van der Waals surface area contributed by atoms with Crippen LogP contribution in [0.2, 0.25) is 0 Å². The molecule has 5 rings (SSSR count). The van der Waals surface area contributed by atoms with Crippen LogP contribution in [0, 0.1) is 0 Å². The number of amides is 1. The van der Waals surface area contributed by atoms with Crippen LogP contribution in [0.25, 0.3) is 11.1 Å². The van der Waals surface area contributed by atoms with Gasteiger partial charge in [0.25, 0.3) is 0 Å². The first-order valence-electron chi connectivity index (χ1n) is 11.2. The normalized spacial score (nSPS) is 24.8. The third-order valence-corrected chi connectivity index (χ3v) is 6.60. The Morgan fingerprint density at radius 3 is 2.34 bits per heavy atom. The van der Waals surface area contributed by atoms with Gasteiger partial charge in [0.1, 0.15) is 12.6 Å². The molecule has 0 aromatic heterocycles. The number of carboxylic acids is 1. The number of carbonyl (C=O) groups excluding carboxylic acids is 1. The Balaban J connectivity index is 1.26. The minimum absolute atomic E-state index is 0.0695. The van der Waals surface area contributed by atoms with Crippen LogP contribution in [0.3, 0.4) is 0 Å². The molecule has 2 heterocycles. The van der Waals surface area contributed by atoms with E-state index < -0.39 is 18.1 Å². The zero-order valence-corrected chi connectivity index (χ0v) is 17.8. The number of ether oxygens (including phenoxy) is 3. The van der Waals surface area contributed by atoms with Crippen LogP contribution < -0.4 is 0 Å². The summed E-state index contributed by atoms with van der Waals surface area (Å²) >= 11 is 0. The predicted octanol–water partition coefficient (Wildman–Crippen LogP) is 4.01. The van der Waals surface area contributed by atoms with E-state index in [0.29, 0.717) is 6.61 Å². The number of aliphatic carboxylic acids is 1. The Morgan fingerprint density at radius 2 is 1.72 bits per heavy atom. The monoisotopic (exact) mass is 437 g/mol. The van der Waals surface area contributed by atoms with Gasteiger partial charge in [0.15, 0.2) is 6.29 Å². The molecule has 3 aliphatic rings. The van der Waals surface area contributed by atoms with Crippen LogP contribution in [-0.2, 0) is 19.0 Å². The first-order valence-corrected chi connectivity index (χ1v) is 11.2. The van der Waals surface area contributed by atoms with E-state index in [1.165, 1.54) is 4.90 Å². The maximum absolute atomic E-state index is 12.9. The smallest absolute Gasteiger partial charge is 0.410 e. The summed E-state index contributed by atoms with van der Waals surface area (Å²) in [6, 6.07) is 15.3. The van der Waals surface area contributed by atoms with Crippen LogP contribution in [0.1, 0.15) is 42.7 Å². The van der Waals surface area contributed by atoms with Crippen molar-refractivity contribution in [3.05, 3.63) is 59.7 Å². The molecule has 7 heteroatoms. The van der Waals surface area contributed by atoms with Crippen LogP contribution >= 0.6 is 0 Å². The number of hydrogen-bond donors (Lipinski definition) is 1. The maximum Gasteiger partial charge on any atom is 0.410 e. The molecule has 2 aromatic carbocycles. The van der Waals surface area contributed by atoms with Crippen molar-refractivity contribution in [1.82, 2.24) is 4.90 Å². The summed E-state index contributed by atoms with van der Waals surface area (Å²) < 4.78 is 17.2. The second kappa shape index (κ2) is 8.92. The lowest BCUT2D eigenvalue weighted by molar-refractivity contribution is -0.185. The van der Waals surface area contributed by atoms with Crippen molar-refractivity contribution in [3.63, 3.8) is 0 Å². The average Bonchev–Trinajstić information content (AvgIpc) is 3.38. The van der Waals surface area contributed by atoms with Crippen molar-refractivity contribution in [1.29, 1.82) is 0 Å². The van der Waals surface area contributed by atoms with E-state index >= 15 is 0 Å². The SMILES string of the molecule is O=C(O)C1C[C@@H](OC2CCCCO2)CN1C(=O)OCC1c2ccccc2-c2ccccc21. The van der Waals surface area contributed by atoms with Gasteiger partial charge in [-0.05, 0) is 41.5 Å². The Morgan fingerprint density at radius 1 is 1.03 bits per heavy atom. The molecule has 7 nitrogen and oxygen atoms in total. The zero-order chi connectivity index (χ0) is 22.1. The molecule has 2 saturated heterocycles. The molecular weight excluding hydrogens is 410 g/mol. The molecule has 2 aliphatic heterocycles. The fourth-order valence-corrected chi connectivity index (χ4v) is 5.04. The Kier molecular flexibility index (Phi) is 5.85. The van der Waals surface area contributed by atoms with E-state index in [-0.39, 0.29) is 37.9 Å². The first-order chi connectivity index (χ1) is 15.6. The number of nitrogens with zero attached hydrogens (tertiary/aromatic N) is 1. The quantitative estimate of drug-likeness (QED) is 0.761. The van der Waals surface area contributed by atoms with Gasteiger partial charge in [0.2, 0.25) is 0 Å². The zero-order valence-electron chi connectivity index (χ0n) is 17.8. The topological polar surface area (TPSA) is 85.3 Å². The summed E-state index contributed by atoms with van der Waals surface area (Å²) in [5.74, 6) is -1.12. The van der Waals surface area contributed by atoms with Crippen molar-refractivity contribution in [3.8, 4) is 11.1 Å². The fourth-order valence-electron chi connectivity index (χ4n) is 5.04. The molecule has 1 aliphatic carbocycles. The fraction of sp³-hybridized carbons (Fsp3) is 0.440. The lowest BCUT2D eigenvalue weighted by atomic mass is 9.98. The standard InChI is InChI=1S/C25H27NO6/c27-24(28)22-13-16(32-23-11-5-6-12-30-23)14-26(22)25(29)31-15-21-19-9-3-1-7-17(19)18-8-2-4-10-20(18)21/h1-4,7-10,16,21-23H,5-6,11-15H2,(H,27,28)/t16-,22?,23?/m1/s1. The first kappa shape index (κ1) is 21.0. The maximum atomic E-state index is 12.9. The number of rotatable bonds is 5. The molecule has 1 N–H and O–H groups in total. The number of benzene rings is 2. The van der Waals surface area contributed by atoms with E-state index in [9.17, 15) is 14.7 Å². The summed E-state index contributed by atoms with van der Waals surface area (Å²) in [4.78, 5) is 26.0. The highest BCUT2D eigenvalue weighted by Crippen LogP contribution is 2.44. The Hall–Kier alpha value is -2.90. The van der Waals surface area contributed by atoms with Crippen LogP contribution in [0.4, 0.5) is 4.79 Å². The molecule has 0 bridgehead atoms. The summed E-state index contributed by atoms with van der Waals surface area (Å²) in [6.07, 6.45) is 1.74. The summed E-state index contributed by atoms with van der Waals surface area (Å²) in [6.45, 7) is 0.996. The Labute approximate surface area is 186 Å². The van der Waals surface area contributed by atoms with E-state index in [0.717, 1.165) is 41.5 Å². The molecular formula is C25H27NO6. The molecule has 3 atom stereocenters. The van der Waals surface area contributed by atoms with Gasteiger partial charge in [-0.3, -0.25) is 4.90 Å². The summed E-state index contributed by atoms with van der Waals surface area (Å²) in [7, 11) is 0. The van der Waals surface area contributed by atoms with Crippen molar-refractivity contribution < 1.29 is 28.9 Å². The highest BCUT2D eigenvalue weighted by Gasteiger charge is 2.42. The minimum Gasteiger partial charge on any atom is -0.480 e. The predicted molar refractivity (Wildman–Crippen MR) is 116 cm³/mol. The van der Waals surface area contributed by atoms with Gasteiger partial charge >= 0.3 is 12.1 Å². The van der Waals surface area contributed by atoms with Gasteiger partial charge in [0.05, 0.1) is 12.6 Å². The third-order valence-electron chi connectivity index (χ3n) is 6.60. The molecule has 32 heavy (non-hydrogen) atoms. The van der Waals surface area contributed by atoms with E-state index in [4.69, 9.17) is 14.2 Å². The van der Waals surface area contributed by atoms with Crippen LogP contribution in [0.15, 0.2) is 48.5 Å². The van der Waals surface area contributed by atoms with E-state index in [1.54, 1.807) is 0 Å². The molecule has 0 radical (unpaired) electrons. The Bertz CT molecular complexity index is 956. The highest BCUT2D eigenvalue weighted by molar-refractivity contribution is 5.81. The van der Waals surface area contributed by atoms with Gasteiger partial charge < -0.3 is 19.3 Å². The number of hydrogen-bond acceptors (Lipinski definition) is 5. The molecule has 0 saturated carbocycles. The lowest BCUT2D eigenvalue weighted by Crippen LogP contribution is -2.41. The summed E-state index contributed by atoms with van der Waals surface area (Å²) in [5.41, 5.74) is 4.53. The number of likely N-dealkylation sites (tertiary alicyclic amines) is 1. The van der Waals surface area contributed by atoms with E-state index in [1.807, 2.05) is 24.3 Å². The van der Waals surface area contributed by atoms with Gasteiger partial charge in [-0.15, -0.1) is 0 Å². The van der Waals surface area contributed by atoms with Gasteiger partial charge in [-0.2, -0.15) is 0 Å². The second-order valence-corrected chi connectivity index (χ2v) is 8.60. The number of carbonyl (C=O) groups is 2. The van der Waals surface area contributed by atoms with Crippen molar-refractivity contribution in [2.75, 3.05) is 19.8 Å². The van der Waals surface area contributed by atoms with Crippen molar-refractivity contribution in [2.24, 2.45) is 0 Å². The lowest BCUT2D eigenvalue weighted by Gasteiger charge is -2.26. The van der Waals surface area contributed by atoms with Crippen LogP contribution in [0.5, 0.6) is 0 Å². The third kappa shape index (κ3) is 3.98. The summed E-state index contributed by atoms with van der Waals surface area (Å²) in [5, 5.41) is 9.66. The molecule has 168 valence electrons. The highest BCUT2D eigenvalue weighted by atomic mass is 16.7.